The van der Waals surface area contributed by atoms with Crippen molar-refractivity contribution in [1.82, 2.24) is 25.0 Å². The highest BCUT2D eigenvalue weighted by Gasteiger charge is 2.20. The molecule has 0 saturated carbocycles. The van der Waals surface area contributed by atoms with Gasteiger partial charge in [-0.15, -0.1) is 10.2 Å². The van der Waals surface area contributed by atoms with Crippen LogP contribution in [0.25, 0.3) is 0 Å². The average molecular weight is 464 g/mol. The van der Waals surface area contributed by atoms with Gasteiger partial charge in [-0.2, -0.15) is 0 Å². The van der Waals surface area contributed by atoms with Gasteiger partial charge in [-0.25, -0.2) is 0 Å². The minimum absolute atomic E-state index is 0.108. The fourth-order valence-electron chi connectivity index (χ4n) is 4.35. The van der Waals surface area contributed by atoms with Gasteiger partial charge in [0.05, 0.1) is 7.11 Å². The number of hydrogen-bond acceptors (Lipinski definition) is 7. The Bertz CT molecular complexity index is 1140. The highest BCUT2D eigenvalue weighted by molar-refractivity contribution is 5.94. The molecular formula is C25H29N5O4. The first kappa shape index (κ1) is 22.2. The maximum atomic E-state index is 12.4. The van der Waals surface area contributed by atoms with Crippen LogP contribution in [-0.4, -0.2) is 65.5 Å². The molecule has 0 aliphatic carbocycles. The molecule has 0 fully saturated rings. The smallest absolute Gasteiger partial charge is 0.251 e. The monoisotopic (exact) mass is 463 g/mol. The SMILES string of the molecule is COc1ccc(C(=O)NCCc2nnc3n2CCN(Cc2ccc4c(c2)OCCO4)CC3)cc1. The van der Waals surface area contributed by atoms with E-state index >= 15 is 0 Å². The van der Waals surface area contributed by atoms with E-state index in [4.69, 9.17) is 14.2 Å². The summed E-state index contributed by atoms with van der Waals surface area (Å²) in [5.74, 6) is 4.18. The number of benzene rings is 2. The number of hydrogen-bond donors (Lipinski definition) is 1. The second-order valence-corrected chi connectivity index (χ2v) is 8.42. The van der Waals surface area contributed by atoms with E-state index in [9.17, 15) is 4.79 Å². The van der Waals surface area contributed by atoms with E-state index < -0.39 is 0 Å². The van der Waals surface area contributed by atoms with Gasteiger partial charge in [-0.3, -0.25) is 9.69 Å². The van der Waals surface area contributed by atoms with Gasteiger partial charge in [0.1, 0.15) is 30.6 Å². The Morgan fingerprint density at radius 2 is 1.85 bits per heavy atom. The first-order chi connectivity index (χ1) is 16.7. The summed E-state index contributed by atoms with van der Waals surface area (Å²) in [6, 6.07) is 13.3. The van der Waals surface area contributed by atoms with Crippen molar-refractivity contribution >= 4 is 5.91 Å². The molecule has 2 aliphatic heterocycles. The Morgan fingerprint density at radius 3 is 2.68 bits per heavy atom. The van der Waals surface area contributed by atoms with Crippen LogP contribution >= 0.6 is 0 Å². The van der Waals surface area contributed by atoms with Crippen LogP contribution < -0.4 is 19.5 Å². The van der Waals surface area contributed by atoms with Crippen LogP contribution in [0, 0.1) is 0 Å². The molecule has 178 valence electrons. The first-order valence-corrected chi connectivity index (χ1v) is 11.6. The number of rotatable bonds is 7. The molecule has 5 rings (SSSR count). The summed E-state index contributed by atoms with van der Waals surface area (Å²) in [6.07, 6.45) is 1.48. The van der Waals surface area contributed by atoms with Crippen molar-refractivity contribution in [3.63, 3.8) is 0 Å². The molecular weight excluding hydrogens is 434 g/mol. The lowest BCUT2D eigenvalue weighted by molar-refractivity contribution is 0.0954. The van der Waals surface area contributed by atoms with Crippen LogP contribution in [0.2, 0.25) is 0 Å². The molecule has 0 spiro atoms. The van der Waals surface area contributed by atoms with Gasteiger partial charge in [-0.1, -0.05) is 6.07 Å². The molecule has 3 heterocycles. The molecule has 0 radical (unpaired) electrons. The van der Waals surface area contributed by atoms with Crippen molar-refractivity contribution in [1.29, 1.82) is 0 Å². The fourth-order valence-corrected chi connectivity index (χ4v) is 4.35. The molecule has 9 nitrogen and oxygen atoms in total. The summed E-state index contributed by atoms with van der Waals surface area (Å²) in [5, 5.41) is 11.8. The van der Waals surface area contributed by atoms with E-state index in [2.05, 4.69) is 37.1 Å². The Morgan fingerprint density at radius 1 is 1.03 bits per heavy atom. The van der Waals surface area contributed by atoms with Gasteiger partial charge >= 0.3 is 0 Å². The van der Waals surface area contributed by atoms with Crippen molar-refractivity contribution in [2.75, 3.05) is 40.0 Å². The van der Waals surface area contributed by atoms with Gasteiger partial charge in [0.2, 0.25) is 0 Å². The number of ether oxygens (including phenoxy) is 3. The van der Waals surface area contributed by atoms with Crippen molar-refractivity contribution in [3.05, 3.63) is 65.2 Å². The third-order valence-corrected chi connectivity index (χ3v) is 6.19. The maximum Gasteiger partial charge on any atom is 0.251 e. The summed E-state index contributed by atoms with van der Waals surface area (Å²) in [5.41, 5.74) is 1.82. The van der Waals surface area contributed by atoms with Crippen molar-refractivity contribution in [2.45, 2.75) is 25.9 Å². The highest BCUT2D eigenvalue weighted by Crippen LogP contribution is 2.31. The molecule has 1 amide bonds. The Hall–Kier alpha value is -3.59. The zero-order valence-corrected chi connectivity index (χ0v) is 19.3. The Labute approximate surface area is 198 Å². The quantitative estimate of drug-likeness (QED) is 0.574. The van der Waals surface area contributed by atoms with Gasteiger partial charge in [0, 0.05) is 51.1 Å². The lowest BCUT2D eigenvalue weighted by Crippen LogP contribution is -2.28. The number of nitrogens with zero attached hydrogens (tertiary/aromatic N) is 4. The summed E-state index contributed by atoms with van der Waals surface area (Å²) in [7, 11) is 1.61. The fraction of sp³-hybridized carbons (Fsp3) is 0.400. The van der Waals surface area contributed by atoms with Gasteiger partial charge in [0.25, 0.3) is 5.91 Å². The molecule has 0 atom stereocenters. The highest BCUT2D eigenvalue weighted by atomic mass is 16.6. The molecule has 2 aliphatic rings. The van der Waals surface area contributed by atoms with Crippen LogP contribution in [0.4, 0.5) is 0 Å². The minimum Gasteiger partial charge on any atom is -0.497 e. The molecule has 1 N–H and O–H groups in total. The first-order valence-electron chi connectivity index (χ1n) is 11.6. The molecule has 1 aromatic heterocycles. The van der Waals surface area contributed by atoms with Crippen LogP contribution in [-0.2, 0) is 25.9 Å². The zero-order chi connectivity index (χ0) is 23.3. The van der Waals surface area contributed by atoms with E-state index in [0.717, 1.165) is 61.5 Å². The van der Waals surface area contributed by atoms with E-state index in [1.165, 1.54) is 5.56 Å². The van der Waals surface area contributed by atoms with Crippen molar-refractivity contribution in [2.24, 2.45) is 0 Å². The number of carbonyl (C=O) groups is 1. The lowest BCUT2D eigenvalue weighted by Gasteiger charge is -2.22. The predicted molar refractivity (Wildman–Crippen MR) is 125 cm³/mol. The Balaban J connectivity index is 1.14. The summed E-state index contributed by atoms with van der Waals surface area (Å²) >= 11 is 0. The summed E-state index contributed by atoms with van der Waals surface area (Å²) in [6.45, 7) is 5.20. The zero-order valence-electron chi connectivity index (χ0n) is 19.3. The molecule has 0 unspecified atom stereocenters. The van der Waals surface area contributed by atoms with E-state index in [1.54, 1.807) is 31.4 Å². The molecule has 2 aromatic carbocycles. The van der Waals surface area contributed by atoms with Crippen LogP contribution in [0.5, 0.6) is 17.2 Å². The largest absolute Gasteiger partial charge is 0.497 e. The lowest BCUT2D eigenvalue weighted by atomic mass is 10.1. The number of methoxy groups -OCH3 is 1. The minimum atomic E-state index is -0.108. The average Bonchev–Trinajstić information content (AvgIpc) is 3.15. The maximum absolute atomic E-state index is 12.4. The molecule has 34 heavy (non-hydrogen) atoms. The van der Waals surface area contributed by atoms with E-state index in [-0.39, 0.29) is 5.91 Å². The second-order valence-electron chi connectivity index (χ2n) is 8.42. The predicted octanol–water partition coefficient (Wildman–Crippen LogP) is 2.09. The molecule has 9 heteroatoms. The van der Waals surface area contributed by atoms with E-state index in [1.807, 2.05) is 6.07 Å². The summed E-state index contributed by atoms with van der Waals surface area (Å²) < 4.78 is 18.7. The number of fused-ring (bicyclic) bond motifs is 2. The Kier molecular flexibility index (Phi) is 6.62. The van der Waals surface area contributed by atoms with Crippen molar-refractivity contribution < 1.29 is 19.0 Å². The van der Waals surface area contributed by atoms with Crippen LogP contribution in [0.1, 0.15) is 27.6 Å². The topological polar surface area (TPSA) is 90.7 Å². The number of amides is 1. The number of aromatic nitrogens is 3. The third-order valence-electron chi connectivity index (χ3n) is 6.19. The van der Waals surface area contributed by atoms with E-state index in [0.29, 0.717) is 31.7 Å². The molecule has 0 bridgehead atoms. The molecule has 3 aromatic rings. The van der Waals surface area contributed by atoms with Gasteiger partial charge < -0.3 is 24.1 Å². The second kappa shape index (κ2) is 10.1. The normalized spacial score (nSPS) is 15.3. The van der Waals surface area contributed by atoms with Crippen LogP contribution in [0.15, 0.2) is 42.5 Å². The van der Waals surface area contributed by atoms with Crippen molar-refractivity contribution in [3.8, 4) is 17.2 Å². The summed E-state index contributed by atoms with van der Waals surface area (Å²) in [4.78, 5) is 14.8. The van der Waals surface area contributed by atoms with Crippen LogP contribution in [0.3, 0.4) is 0 Å². The molecule has 0 saturated heterocycles. The van der Waals surface area contributed by atoms with Gasteiger partial charge in [0.15, 0.2) is 11.5 Å². The van der Waals surface area contributed by atoms with Gasteiger partial charge in [-0.05, 0) is 42.0 Å². The number of nitrogens with one attached hydrogen (secondary N) is 1. The standard InChI is InChI=1S/C25H29N5O4/c1-32-20-5-3-19(4-6-20)25(31)26-10-8-23-27-28-24-9-11-29(12-13-30(23)24)17-18-2-7-21-22(16-18)34-15-14-33-21/h2-7,16H,8-15,17H2,1H3,(H,26,31). The number of carbonyl (C=O) groups excluding carboxylic acids is 1. The third kappa shape index (κ3) is 4.99.